The lowest BCUT2D eigenvalue weighted by atomic mass is 9.87. The van der Waals surface area contributed by atoms with Gasteiger partial charge in [-0.05, 0) is 49.8 Å². The van der Waals surface area contributed by atoms with Crippen LogP contribution in [0.1, 0.15) is 46.5 Å². The van der Waals surface area contributed by atoms with Gasteiger partial charge in [0.1, 0.15) is 5.75 Å². The summed E-state index contributed by atoms with van der Waals surface area (Å²) in [4.78, 5) is 12.5. The van der Waals surface area contributed by atoms with Gasteiger partial charge in [0.15, 0.2) is 0 Å². The summed E-state index contributed by atoms with van der Waals surface area (Å²) < 4.78 is 32.2. The minimum Gasteiger partial charge on any atom is -0.495 e. The minimum absolute atomic E-state index is 0.0667. The molecule has 0 radical (unpaired) electrons. The van der Waals surface area contributed by atoms with Crippen molar-refractivity contribution in [2.24, 2.45) is 5.92 Å². The third-order valence-corrected chi connectivity index (χ3v) is 7.38. The van der Waals surface area contributed by atoms with Crippen molar-refractivity contribution >= 4 is 21.6 Å². The Labute approximate surface area is 168 Å². The van der Waals surface area contributed by atoms with E-state index in [4.69, 9.17) is 4.74 Å². The number of nitrogens with zero attached hydrogens (tertiary/aromatic N) is 1. The van der Waals surface area contributed by atoms with Gasteiger partial charge < -0.3 is 15.4 Å². The van der Waals surface area contributed by atoms with Crippen LogP contribution in [0.15, 0.2) is 23.1 Å². The summed E-state index contributed by atoms with van der Waals surface area (Å²) >= 11 is 0. The molecular weight excluding hydrogens is 378 g/mol. The van der Waals surface area contributed by atoms with E-state index < -0.39 is 10.0 Å². The number of amides is 1. The lowest BCUT2D eigenvalue weighted by molar-refractivity contribution is -0.120. The van der Waals surface area contributed by atoms with Crippen LogP contribution >= 0.6 is 0 Å². The van der Waals surface area contributed by atoms with E-state index in [1.807, 2.05) is 0 Å². The average Bonchev–Trinajstić information content (AvgIpc) is 2.68. The Morgan fingerprint density at radius 3 is 2.39 bits per heavy atom. The van der Waals surface area contributed by atoms with E-state index in [1.165, 1.54) is 23.5 Å². The van der Waals surface area contributed by atoms with Gasteiger partial charge in [0, 0.05) is 19.1 Å². The largest absolute Gasteiger partial charge is 0.495 e. The summed E-state index contributed by atoms with van der Waals surface area (Å²) in [5, 5.41) is 6.09. The van der Waals surface area contributed by atoms with Crippen molar-refractivity contribution < 1.29 is 17.9 Å². The van der Waals surface area contributed by atoms with E-state index in [-0.39, 0.29) is 23.4 Å². The van der Waals surface area contributed by atoms with Crippen molar-refractivity contribution in [3.8, 4) is 5.75 Å². The third-order valence-electron chi connectivity index (χ3n) is 5.33. The smallest absolute Gasteiger partial charge is 0.243 e. The standard InChI is InChI=1S/C20H33N3O4S/c1-5-23(6-2)28(25,26)17-11-12-19(27-4)18(13-17)21-14-20(24)22-16-9-7-15(3)8-10-16/h11-13,15-16,21H,5-10,14H2,1-4H3,(H,22,24). The van der Waals surface area contributed by atoms with Crippen LogP contribution < -0.4 is 15.4 Å². The number of hydrogen-bond donors (Lipinski definition) is 2. The Bertz CT molecular complexity index is 755. The normalized spacial score (nSPS) is 20.0. The fourth-order valence-electron chi connectivity index (χ4n) is 3.56. The van der Waals surface area contributed by atoms with E-state index >= 15 is 0 Å². The highest BCUT2D eigenvalue weighted by Gasteiger charge is 2.23. The highest BCUT2D eigenvalue weighted by Crippen LogP contribution is 2.29. The van der Waals surface area contributed by atoms with Crippen LogP contribution in [0.4, 0.5) is 5.69 Å². The van der Waals surface area contributed by atoms with Crippen molar-refractivity contribution in [1.82, 2.24) is 9.62 Å². The van der Waals surface area contributed by atoms with Crippen LogP contribution in [0.25, 0.3) is 0 Å². The molecule has 1 fully saturated rings. The number of sulfonamides is 1. The molecule has 7 nitrogen and oxygen atoms in total. The number of nitrogens with one attached hydrogen (secondary N) is 2. The van der Waals surface area contributed by atoms with Crippen LogP contribution in [0.3, 0.4) is 0 Å². The van der Waals surface area contributed by atoms with E-state index in [1.54, 1.807) is 19.9 Å². The molecule has 0 unspecified atom stereocenters. The fourth-order valence-corrected chi connectivity index (χ4v) is 5.04. The van der Waals surface area contributed by atoms with Crippen LogP contribution in [0.5, 0.6) is 5.75 Å². The predicted octanol–water partition coefficient (Wildman–Crippen LogP) is 2.83. The van der Waals surface area contributed by atoms with Crippen molar-refractivity contribution in [2.75, 3.05) is 32.1 Å². The fraction of sp³-hybridized carbons (Fsp3) is 0.650. The zero-order chi connectivity index (χ0) is 20.7. The minimum atomic E-state index is -3.58. The van der Waals surface area contributed by atoms with Gasteiger partial charge in [0.05, 0.1) is 24.2 Å². The molecule has 0 spiro atoms. The maximum absolute atomic E-state index is 12.8. The Kier molecular flexibility index (Phi) is 8.12. The quantitative estimate of drug-likeness (QED) is 0.652. The van der Waals surface area contributed by atoms with Gasteiger partial charge in [-0.3, -0.25) is 4.79 Å². The maximum atomic E-state index is 12.8. The van der Waals surface area contributed by atoms with Gasteiger partial charge in [-0.1, -0.05) is 20.8 Å². The predicted molar refractivity (Wildman–Crippen MR) is 111 cm³/mol. The molecular formula is C20H33N3O4S. The topological polar surface area (TPSA) is 87.7 Å². The second-order valence-corrected chi connectivity index (χ2v) is 9.27. The van der Waals surface area contributed by atoms with Crippen LogP contribution in [-0.4, -0.2) is 51.4 Å². The van der Waals surface area contributed by atoms with Gasteiger partial charge in [0.25, 0.3) is 0 Å². The molecule has 1 amide bonds. The van der Waals surface area contributed by atoms with Crippen molar-refractivity contribution in [2.45, 2.75) is 57.4 Å². The first kappa shape index (κ1) is 22.5. The van der Waals surface area contributed by atoms with Crippen molar-refractivity contribution in [1.29, 1.82) is 0 Å². The molecule has 0 saturated heterocycles. The number of carbonyl (C=O) groups excluding carboxylic acids is 1. The van der Waals surface area contributed by atoms with Gasteiger partial charge in [0.2, 0.25) is 15.9 Å². The SMILES string of the molecule is CCN(CC)S(=O)(=O)c1ccc(OC)c(NCC(=O)NC2CCC(C)CC2)c1. The molecule has 158 valence electrons. The molecule has 2 rings (SSSR count). The Hall–Kier alpha value is -1.80. The number of hydrogen-bond acceptors (Lipinski definition) is 5. The molecule has 1 aromatic carbocycles. The summed E-state index contributed by atoms with van der Waals surface area (Å²) in [7, 11) is -2.06. The van der Waals surface area contributed by atoms with Crippen LogP contribution in [-0.2, 0) is 14.8 Å². The van der Waals surface area contributed by atoms with E-state index in [0.717, 1.165) is 31.6 Å². The van der Waals surface area contributed by atoms with Gasteiger partial charge in [-0.2, -0.15) is 4.31 Å². The number of ether oxygens (including phenoxy) is 1. The van der Waals surface area contributed by atoms with E-state index in [9.17, 15) is 13.2 Å². The molecule has 0 atom stereocenters. The lowest BCUT2D eigenvalue weighted by Gasteiger charge is -2.27. The molecule has 8 heteroatoms. The summed E-state index contributed by atoms with van der Waals surface area (Å²) in [5.74, 6) is 1.13. The molecule has 1 aliphatic carbocycles. The highest BCUT2D eigenvalue weighted by molar-refractivity contribution is 7.89. The van der Waals surface area contributed by atoms with Crippen molar-refractivity contribution in [3.63, 3.8) is 0 Å². The highest BCUT2D eigenvalue weighted by atomic mass is 32.2. The monoisotopic (exact) mass is 411 g/mol. The lowest BCUT2D eigenvalue weighted by Crippen LogP contribution is -2.40. The molecule has 1 aromatic rings. The number of anilines is 1. The van der Waals surface area contributed by atoms with E-state index in [2.05, 4.69) is 17.6 Å². The van der Waals surface area contributed by atoms with Crippen LogP contribution in [0.2, 0.25) is 0 Å². The zero-order valence-corrected chi connectivity index (χ0v) is 18.1. The number of carbonyl (C=O) groups is 1. The Balaban J connectivity index is 2.06. The second kappa shape index (κ2) is 10.1. The first-order valence-electron chi connectivity index (χ1n) is 10.0. The van der Waals surface area contributed by atoms with Gasteiger partial charge >= 0.3 is 0 Å². The Morgan fingerprint density at radius 1 is 1.18 bits per heavy atom. The first-order valence-corrected chi connectivity index (χ1v) is 11.5. The Morgan fingerprint density at radius 2 is 1.82 bits per heavy atom. The average molecular weight is 412 g/mol. The molecule has 0 aromatic heterocycles. The molecule has 28 heavy (non-hydrogen) atoms. The molecule has 0 aliphatic heterocycles. The third kappa shape index (κ3) is 5.61. The summed E-state index contributed by atoms with van der Waals surface area (Å²) in [6.07, 6.45) is 4.29. The van der Waals surface area contributed by atoms with Crippen LogP contribution in [0, 0.1) is 5.92 Å². The number of benzene rings is 1. The zero-order valence-electron chi connectivity index (χ0n) is 17.3. The molecule has 0 bridgehead atoms. The summed E-state index contributed by atoms with van der Waals surface area (Å²) in [5.41, 5.74) is 0.489. The van der Waals surface area contributed by atoms with Crippen molar-refractivity contribution in [3.05, 3.63) is 18.2 Å². The molecule has 2 N–H and O–H groups in total. The molecule has 1 saturated carbocycles. The second-order valence-electron chi connectivity index (χ2n) is 7.33. The van der Waals surface area contributed by atoms with E-state index in [0.29, 0.717) is 24.5 Å². The number of methoxy groups -OCH3 is 1. The summed E-state index contributed by atoms with van der Waals surface area (Å²) in [6.45, 7) is 6.72. The summed E-state index contributed by atoms with van der Waals surface area (Å²) in [6, 6.07) is 4.89. The maximum Gasteiger partial charge on any atom is 0.243 e. The molecule has 0 heterocycles. The van der Waals surface area contributed by atoms with Gasteiger partial charge in [-0.25, -0.2) is 8.42 Å². The molecule has 1 aliphatic rings. The van der Waals surface area contributed by atoms with Gasteiger partial charge in [-0.15, -0.1) is 0 Å². The number of rotatable bonds is 9. The first-order chi connectivity index (χ1) is 13.3.